The Bertz CT molecular complexity index is 555. The van der Waals surface area contributed by atoms with E-state index in [1.54, 1.807) is 0 Å². The summed E-state index contributed by atoms with van der Waals surface area (Å²) in [6, 6.07) is 0. The first-order valence-electron chi connectivity index (χ1n) is 13.3. The van der Waals surface area contributed by atoms with E-state index in [2.05, 4.69) is 34.6 Å². The minimum atomic E-state index is 0.543. The maximum absolute atomic E-state index is 5.79. The summed E-state index contributed by atoms with van der Waals surface area (Å²) in [6.45, 7) is 12.8. The lowest BCUT2D eigenvalue weighted by atomic mass is 9.44. The topological polar surface area (TPSA) is 9.23 Å². The fourth-order valence-corrected chi connectivity index (χ4v) is 9.46. The molecule has 1 nitrogen and oxygen atoms in total. The number of methoxy groups -OCH3 is 1. The van der Waals surface area contributed by atoms with Crippen molar-refractivity contribution in [1.82, 2.24) is 0 Å². The van der Waals surface area contributed by atoms with Gasteiger partial charge in [0, 0.05) is 7.11 Å². The predicted octanol–water partition coefficient (Wildman–Crippen LogP) is 8.12. The van der Waals surface area contributed by atoms with Gasteiger partial charge in [0.05, 0.1) is 6.10 Å². The Kier molecular flexibility index (Phi) is 6.48. The second-order valence-corrected chi connectivity index (χ2v) is 12.8. The molecule has 0 bridgehead atoms. The molecule has 29 heavy (non-hydrogen) atoms. The molecule has 4 saturated carbocycles. The highest BCUT2D eigenvalue weighted by atomic mass is 16.5. The van der Waals surface area contributed by atoms with E-state index in [0.29, 0.717) is 16.9 Å². The molecule has 4 aliphatic rings. The first-order valence-corrected chi connectivity index (χ1v) is 13.3. The molecule has 0 aliphatic heterocycles. The van der Waals surface area contributed by atoms with Crippen LogP contribution in [-0.2, 0) is 4.74 Å². The van der Waals surface area contributed by atoms with Crippen molar-refractivity contribution in [1.29, 1.82) is 0 Å². The Balaban J connectivity index is 1.45. The number of hydrogen-bond donors (Lipinski definition) is 0. The molecule has 0 saturated heterocycles. The van der Waals surface area contributed by atoms with Crippen molar-refractivity contribution in [3.63, 3.8) is 0 Å². The highest BCUT2D eigenvalue weighted by Gasteiger charge is 2.60. The zero-order chi connectivity index (χ0) is 20.8. The Morgan fingerprint density at radius 1 is 0.828 bits per heavy atom. The van der Waals surface area contributed by atoms with Gasteiger partial charge in [0.2, 0.25) is 0 Å². The van der Waals surface area contributed by atoms with Crippen molar-refractivity contribution in [3.05, 3.63) is 0 Å². The van der Waals surface area contributed by atoms with Gasteiger partial charge in [0.25, 0.3) is 0 Å². The standard InChI is InChI=1S/C28H50O/c1-19(2)8-7-9-20(3)24-12-13-25-23-11-10-21-18-22(29-6)14-16-27(21,4)26(23)15-17-28(24,25)5/h19-26H,7-18H2,1-6H3/t20?,21?,22-,23-,24+,25-,26-,27-,28+/m0/s1. The van der Waals surface area contributed by atoms with Crippen LogP contribution in [0.25, 0.3) is 0 Å². The van der Waals surface area contributed by atoms with Crippen molar-refractivity contribution in [2.24, 2.45) is 52.3 Å². The van der Waals surface area contributed by atoms with Crippen LogP contribution in [0.15, 0.2) is 0 Å². The van der Waals surface area contributed by atoms with Crippen LogP contribution in [0.5, 0.6) is 0 Å². The van der Waals surface area contributed by atoms with E-state index in [1.807, 2.05) is 7.11 Å². The van der Waals surface area contributed by atoms with Crippen LogP contribution in [0.2, 0.25) is 0 Å². The summed E-state index contributed by atoms with van der Waals surface area (Å²) in [4.78, 5) is 0. The minimum Gasteiger partial charge on any atom is -0.381 e. The van der Waals surface area contributed by atoms with Gasteiger partial charge in [-0.3, -0.25) is 0 Å². The smallest absolute Gasteiger partial charge is 0.0574 e. The molecule has 0 spiro atoms. The van der Waals surface area contributed by atoms with E-state index in [4.69, 9.17) is 4.74 Å². The number of hydrogen-bond acceptors (Lipinski definition) is 1. The molecular weight excluding hydrogens is 352 g/mol. The zero-order valence-electron chi connectivity index (χ0n) is 20.5. The van der Waals surface area contributed by atoms with Gasteiger partial charge in [-0.2, -0.15) is 0 Å². The second-order valence-electron chi connectivity index (χ2n) is 12.8. The molecule has 4 fully saturated rings. The number of fused-ring (bicyclic) bond motifs is 5. The van der Waals surface area contributed by atoms with E-state index in [9.17, 15) is 0 Å². The molecule has 1 heteroatoms. The van der Waals surface area contributed by atoms with Gasteiger partial charge in [-0.25, -0.2) is 0 Å². The predicted molar refractivity (Wildman–Crippen MR) is 124 cm³/mol. The van der Waals surface area contributed by atoms with Gasteiger partial charge in [0.1, 0.15) is 0 Å². The van der Waals surface area contributed by atoms with Crippen molar-refractivity contribution in [2.75, 3.05) is 7.11 Å². The number of ether oxygens (including phenoxy) is 1. The molecule has 168 valence electrons. The van der Waals surface area contributed by atoms with E-state index < -0.39 is 0 Å². The van der Waals surface area contributed by atoms with Crippen molar-refractivity contribution >= 4 is 0 Å². The average Bonchev–Trinajstić information content (AvgIpc) is 3.04. The molecule has 4 rings (SSSR count). The van der Waals surface area contributed by atoms with Crippen LogP contribution in [0.1, 0.15) is 112 Å². The molecule has 0 heterocycles. The maximum atomic E-state index is 5.79. The fourth-order valence-electron chi connectivity index (χ4n) is 9.46. The van der Waals surface area contributed by atoms with Crippen LogP contribution in [-0.4, -0.2) is 13.2 Å². The summed E-state index contributed by atoms with van der Waals surface area (Å²) in [5, 5.41) is 0. The third-order valence-corrected chi connectivity index (χ3v) is 11.2. The summed E-state index contributed by atoms with van der Waals surface area (Å²) < 4.78 is 5.79. The van der Waals surface area contributed by atoms with Crippen LogP contribution < -0.4 is 0 Å². The molecular formula is C28H50O. The Labute approximate surface area is 182 Å². The third kappa shape index (κ3) is 3.85. The zero-order valence-corrected chi connectivity index (χ0v) is 20.5. The quantitative estimate of drug-likeness (QED) is 0.436. The van der Waals surface area contributed by atoms with Crippen molar-refractivity contribution in [2.45, 2.75) is 118 Å². The van der Waals surface area contributed by atoms with E-state index in [-0.39, 0.29) is 0 Å². The lowest BCUT2D eigenvalue weighted by Crippen LogP contribution is -2.54. The fraction of sp³-hybridized carbons (Fsp3) is 1.00. The van der Waals surface area contributed by atoms with Gasteiger partial charge >= 0.3 is 0 Å². The summed E-state index contributed by atoms with van der Waals surface area (Å²) in [5.74, 6) is 6.79. The van der Waals surface area contributed by atoms with Gasteiger partial charge in [-0.1, -0.05) is 53.9 Å². The molecule has 2 unspecified atom stereocenters. The second kappa shape index (κ2) is 8.48. The molecule has 0 amide bonds. The van der Waals surface area contributed by atoms with Crippen molar-refractivity contribution < 1.29 is 4.74 Å². The molecule has 0 radical (unpaired) electrons. The minimum absolute atomic E-state index is 0.543. The largest absolute Gasteiger partial charge is 0.381 e. The Morgan fingerprint density at radius 3 is 2.28 bits per heavy atom. The Morgan fingerprint density at radius 2 is 1.55 bits per heavy atom. The first-order chi connectivity index (χ1) is 13.8. The number of rotatable bonds is 6. The maximum Gasteiger partial charge on any atom is 0.0574 e. The third-order valence-electron chi connectivity index (χ3n) is 11.2. The van der Waals surface area contributed by atoms with Crippen molar-refractivity contribution in [3.8, 4) is 0 Å². The van der Waals surface area contributed by atoms with E-state index in [1.165, 1.54) is 77.0 Å². The van der Waals surface area contributed by atoms with E-state index in [0.717, 1.165) is 41.4 Å². The van der Waals surface area contributed by atoms with Crippen LogP contribution in [0, 0.1) is 52.3 Å². The van der Waals surface area contributed by atoms with Crippen LogP contribution >= 0.6 is 0 Å². The lowest BCUT2D eigenvalue weighted by molar-refractivity contribution is -0.133. The van der Waals surface area contributed by atoms with Gasteiger partial charge < -0.3 is 4.74 Å². The lowest BCUT2D eigenvalue weighted by Gasteiger charge is -2.61. The Hall–Kier alpha value is -0.0400. The van der Waals surface area contributed by atoms with Crippen LogP contribution in [0.4, 0.5) is 0 Å². The first kappa shape index (κ1) is 22.2. The SMILES string of the molecule is CO[C@H]1CC[C@@]2(C)C(CC[C@H]3[C@@H]4CC[C@H](C(C)CCCC(C)C)[C@@]4(C)CC[C@@H]32)C1. The normalized spacial score (nSPS) is 48.1. The monoisotopic (exact) mass is 402 g/mol. The van der Waals surface area contributed by atoms with E-state index >= 15 is 0 Å². The summed E-state index contributed by atoms with van der Waals surface area (Å²) >= 11 is 0. The summed E-state index contributed by atoms with van der Waals surface area (Å²) in [6.07, 6.45) is 18.1. The molecule has 4 aliphatic carbocycles. The highest BCUT2D eigenvalue weighted by Crippen LogP contribution is 2.68. The molecule has 0 aromatic rings. The average molecular weight is 403 g/mol. The molecule has 0 N–H and O–H groups in total. The highest BCUT2D eigenvalue weighted by molar-refractivity contribution is 5.09. The molecule has 9 atom stereocenters. The van der Waals surface area contributed by atoms with Crippen LogP contribution in [0.3, 0.4) is 0 Å². The summed E-state index contributed by atoms with van der Waals surface area (Å²) in [7, 11) is 1.94. The summed E-state index contributed by atoms with van der Waals surface area (Å²) in [5.41, 5.74) is 1.26. The van der Waals surface area contributed by atoms with Gasteiger partial charge in [0.15, 0.2) is 0 Å². The molecule has 0 aromatic carbocycles. The van der Waals surface area contributed by atoms with Gasteiger partial charge in [-0.05, 0) is 110 Å². The molecule has 0 aromatic heterocycles. The van der Waals surface area contributed by atoms with Gasteiger partial charge in [-0.15, -0.1) is 0 Å².